The summed E-state index contributed by atoms with van der Waals surface area (Å²) in [5.41, 5.74) is 3.09. The molecule has 2 N–H and O–H groups in total. The van der Waals surface area contributed by atoms with Crippen molar-refractivity contribution < 1.29 is 9.53 Å². The lowest BCUT2D eigenvalue weighted by Crippen LogP contribution is -2.45. The predicted octanol–water partition coefficient (Wildman–Crippen LogP) is 1.80. The van der Waals surface area contributed by atoms with Gasteiger partial charge in [-0.05, 0) is 38.0 Å². The molecule has 0 unspecified atom stereocenters. The van der Waals surface area contributed by atoms with E-state index in [1.165, 1.54) is 22.5 Å². The van der Waals surface area contributed by atoms with E-state index in [4.69, 9.17) is 4.74 Å². The fourth-order valence-corrected chi connectivity index (χ4v) is 4.13. The number of rotatable bonds is 6. The van der Waals surface area contributed by atoms with Crippen LogP contribution in [0.2, 0.25) is 0 Å². The maximum absolute atomic E-state index is 12.9. The van der Waals surface area contributed by atoms with Gasteiger partial charge in [-0.1, -0.05) is 24.3 Å². The molecule has 2 aromatic heterocycles. The first-order valence-electron chi connectivity index (χ1n) is 10.7. The zero-order valence-electron chi connectivity index (χ0n) is 18.5. The van der Waals surface area contributed by atoms with Crippen molar-refractivity contribution in [3.8, 4) is 5.82 Å². The summed E-state index contributed by atoms with van der Waals surface area (Å²) in [5.74, 6) is 0.238. The number of nitrogens with one attached hydrogen (secondary N) is 2. The Morgan fingerprint density at radius 1 is 1.16 bits per heavy atom. The molecule has 1 amide bonds. The highest BCUT2D eigenvalue weighted by Gasteiger charge is 2.23. The molecular formula is C23H28N6O3. The van der Waals surface area contributed by atoms with Crippen molar-refractivity contribution in [2.24, 2.45) is 0 Å². The molecule has 3 aromatic rings. The van der Waals surface area contributed by atoms with E-state index in [9.17, 15) is 9.59 Å². The van der Waals surface area contributed by atoms with Gasteiger partial charge in [-0.15, -0.1) is 0 Å². The van der Waals surface area contributed by atoms with Crippen molar-refractivity contribution in [3.05, 3.63) is 75.3 Å². The van der Waals surface area contributed by atoms with Gasteiger partial charge in [0.05, 0.1) is 29.7 Å². The maximum Gasteiger partial charge on any atom is 0.264 e. The summed E-state index contributed by atoms with van der Waals surface area (Å²) in [7, 11) is 0. The molecule has 1 fully saturated rings. The molecule has 1 aromatic carbocycles. The smallest absolute Gasteiger partial charge is 0.264 e. The number of aromatic nitrogens is 4. The number of hydrogen-bond donors (Lipinski definition) is 2. The van der Waals surface area contributed by atoms with E-state index in [0.717, 1.165) is 25.2 Å². The van der Waals surface area contributed by atoms with E-state index in [1.807, 2.05) is 18.2 Å². The highest BCUT2D eigenvalue weighted by molar-refractivity contribution is 5.95. The summed E-state index contributed by atoms with van der Waals surface area (Å²) in [4.78, 5) is 26.5. The van der Waals surface area contributed by atoms with Crippen LogP contribution in [0.1, 0.15) is 41.0 Å². The van der Waals surface area contributed by atoms with Crippen molar-refractivity contribution in [3.63, 3.8) is 0 Å². The number of benzene rings is 1. The minimum atomic E-state index is -0.295. The summed E-state index contributed by atoms with van der Waals surface area (Å²) >= 11 is 0. The molecule has 9 nitrogen and oxygen atoms in total. The monoisotopic (exact) mass is 436 g/mol. The van der Waals surface area contributed by atoms with E-state index < -0.39 is 0 Å². The standard InChI is InChI=1S/C23H28N6O3/c1-15-12-28(13-16(2)32-15)14-19-7-5-4-6-18(19)10-24-23(31)20-11-25-29(17(20)3)21-8-9-22(30)27-26-21/h4-9,11,15-16H,10,12-14H2,1-3H3,(H,24,31)(H,27,30)/t15-,16-/m0/s1. The van der Waals surface area contributed by atoms with Gasteiger partial charge in [-0.3, -0.25) is 14.5 Å². The summed E-state index contributed by atoms with van der Waals surface area (Å²) in [6, 6.07) is 11.1. The summed E-state index contributed by atoms with van der Waals surface area (Å²) in [5, 5.41) is 13.6. The molecule has 4 rings (SSSR count). The van der Waals surface area contributed by atoms with Gasteiger partial charge < -0.3 is 10.1 Å². The Balaban J connectivity index is 1.44. The second-order valence-electron chi connectivity index (χ2n) is 8.24. The minimum absolute atomic E-state index is 0.207. The third-order valence-electron chi connectivity index (χ3n) is 5.58. The Kier molecular flexibility index (Phi) is 6.48. The number of ether oxygens (including phenoxy) is 1. The lowest BCUT2D eigenvalue weighted by Gasteiger charge is -2.35. The zero-order valence-corrected chi connectivity index (χ0v) is 18.5. The van der Waals surface area contributed by atoms with Crippen molar-refractivity contribution in [1.29, 1.82) is 0 Å². The van der Waals surface area contributed by atoms with Crippen molar-refractivity contribution >= 4 is 5.91 Å². The molecule has 3 heterocycles. The van der Waals surface area contributed by atoms with Gasteiger partial charge in [0.15, 0.2) is 5.82 Å². The second kappa shape index (κ2) is 9.46. The quantitative estimate of drug-likeness (QED) is 0.611. The van der Waals surface area contributed by atoms with Crippen molar-refractivity contribution in [2.45, 2.75) is 46.1 Å². The Hall–Kier alpha value is -3.30. The highest BCUT2D eigenvalue weighted by atomic mass is 16.5. The zero-order chi connectivity index (χ0) is 22.7. The van der Waals surface area contributed by atoms with Crippen LogP contribution in [0.3, 0.4) is 0 Å². The van der Waals surface area contributed by atoms with Crippen molar-refractivity contribution in [1.82, 2.24) is 30.2 Å². The number of aromatic amines is 1. The van der Waals surface area contributed by atoms with E-state index in [2.05, 4.69) is 45.4 Å². The molecule has 9 heteroatoms. The third kappa shape index (κ3) is 4.95. The molecule has 1 aliphatic heterocycles. The van der Waals surface area contributed by atoms with E-state index >= 15 is 0 Å². The lowest BCUT2D eigenvalue weighted by atomic mass is 10.1. The molecule has 32 heavy (non-hydrogen) atoms. The largest absolute Gasteiger partial charge is 0.373 e. The first-order valence-corrected chi connectivity index (χ1v) is 10.7. The van der Waals surface area contributed by atoms with Crippen LogP contribution in [0.15, 0.2) is 47.4 Å². The molecule has 0 radical (unpaired) electrons. The Morgan fingerprint density at radius 2 is 1.88 bits per heavy atom. The van der Waals surface area contributed by atoms with Crippen LogP contribution in [-0.4, -0.2) is 56.1 Å². The second-order valence-corrected chi connectivity index (χ2v) is 8.24. The van der Waals surface area contributed by atoms with Crippen LogP contribution in [0.25, 0.3) is 5.82 Å². The van der Waals surface area contributed by atoms with Gasteiger partial charge in [-0.25, -0.2) is 9.78 Å². The predicted molar refractivity (Wildman–Crippen MR) is 120 cm³/mol. The fraction of sp³-hybridized carbons (Fsp3) is 0.391. The summed E-state index contributed by atoms with van der Waals surface area (Å²) in [6.45, 7) is 9.01. The van der Waals surface area contributed by atoms with E-state index in [1.54, 1.807) is 13.0 Å². The van der Waals surface area contributed by atoms with Crippen LogP contribution in [0.4, 0.5) is 0 Å². The van der Waals surface area contributed by atoms with E-state index in [0.29, 0.717) is 23.6 Å². The molecule has 1 saturated heterocycles. The molecule has 0 spiro atoms. The number of carbonyl (C=O) groups excluding carboxylic acids is 1. The van der Waals surface area contributed by atoms with Gasteiger partial charge in [0.1, 0.15) is 0 Å². The number of H-pyrrole nitrogens is 1. The maximum atomic E-state index is 12.9. The molecule has 168 valence electrons. The number of amides is 1. The molecule has 0 bridgehead atoms. The van der Waals surface area contributed by atoms with Crippen LogP contribution in [0, 0.1) is 6.92 Å². The Labute approximate surface area is 186 Å². The molecule has 0 saturated carbocycles. The minimum Gasteiger partial charge on any atom is -0.373 e. The van der Waals surface area contributed by atoms with Gasteiger partial charge in [-0.2, -0.15) is 10.2 Å². The van der Waals surface area contributed by atoms with Crippen molar-refractivity contribution in [2.75, 3.05) is 13.1 Å². The number of hydrogen-bond acceptors (Lipinski definition) is 6. The Morgan fingerprint density at radius 3 is 2.56 bits per heavy atom. The average Bonchev–Trinajstić information content (AvgIpc) is 3.14. The average molecular weight is 437 g/mol. The van der Waals surface area contributed by atoms with Gasteiger partial charge in [0, 0.05) is 32.2 Å². The number of carbonyl (C=O) groups is 1. The van der Waals surface area contributed by atoms with Crippen LogP contribution >= 0.6 is 0 Å². The van der Waals surface area contributed by atoms with Gasteiger partial charge in [0.2, 0.25) is 0 Å². The fourth-order valence-electron chi connectivity index (χ4n) is 4.13. The SMILES string of the molecule is Cc1c(C(=O)NCc2ccccc2CN2C[C@H](C)O[C@@H](C)C2)cnn1-c1ccc(=O)[nH]n1. The normalized spacial score (nSPS) is 19.1. The first-order chi connectivity index (χ1) is 15.4. The first kappa shape index (κ1) is 21.9. The molecule has 1 aliphatic rings. The van der Waals surface area contributed by atoms with Crippen LogP contribution in [0.5, 0.6) is 0 Å². The summed E-state index contributed by atoms with van der Waals surface area (Å²) < 4.78 is 7.36. The molecule has 2 atom stereocenters. The Bertz CT molecular complexity index is 1120. The topological polar surface area (TPSA) is 105 Å². The van der Waals surface area contributed by atoms with Crippen LogP contribution in [-0.2, 0) is 17.8 Å². The lowest BCUT2D eigenvalue weighted by molar-refractivity contribution is -0.0705. The third-order valence-corrected chi connectivity index (χ3v) is 5.58. The van der Waals surface area contributed by atoms with Gasteiger partial charge in [0.25, 0.3) is 11.5 Å². The molecular weight excluding hydrogens is 408 g/mol. The highest BCUT2D eigenvalue weighted by Crippen LogP contribution is 2.17. The van der Waals surface area contributed by atoms with E-state index in [-0.39, 0.29) is 23.7 Å². The number of nitrogens with zero attached hydrogens (tertiary/aromatic N) is 4. The number of morpholine rings is 1. The van der Waals surface area contributed by atoms with Gasteiger partial charge >= 0.3 is 0 Å². The molecule has 0 aliphatic carbocycles. The van der Waals surface area contributed by atoms with Crippen LogP contribution < -0.4 is 10.9 Å². The summed E-state index contributed by atoms with van der Waals surface area (Å²) in [6.07, 6.45) is 1.93.